The Kier molecular flexibility index (Phi) is 4.22. The first-order valence-corrected chi connectivity index (χ1v) is 6.41. The van der Waals surface area contributed by atoms with Crippen LogP contribution in [-0.2, 0) is 0 Å². The molecule has 1 aromatic carbocycles. The fourth-order valence-electron chi connectivity index (χ4n) is 2.05. The lowest BCUT2D eigenvalue weighted by Gasteiger charge is -2.17. The topological polar surface area (TPSA) is 51.8 Å². The van der Waals surface area contributed by atoms with Gasteiger partial charge in [0.15, 0.2) is 0 Å². The van der Waals surface area contributed by atoms with Crippen LogP contribution in [0, 0.1) is 11.7 Å². The van der Waals surface area contributed by atoms with Gasteiger partial charge in [-0.1, -0.05) is 26.0 Å². The Labute approximate surface area is 112 Å². The van der Waals surface area contributed by atoms with E-state index in [0.29, 0.717) is 29.5 Å². The van der Waals surface area contributed by atoms with Gasteiger partial charge in [0.25, 0.3) is 0 Å². The van der Waals surface area contributed by atoms with E-state index < -0.39 is 0 Å². The lowest BCUT2D eigenvalue weighted by atomic mass is 9.95. The molecular weight excluding hydrogens is 241 g/mol. The summed E-state index contributed by atoms with van der Waals surface area (Å²) < 4.78 is 13.8. The van der Waals surface area contributed by atoms with Crippen molar-refractivity contribution in [3.8, 4) is 11.3 Å². The van der Waals surface area contributed by atoms with Crippen LogP contribution in [0.3, 0.4) is 0 Å². The highest BCUT2D eigenvalue weighted by atomic mass is 19.1. The second kappa shape index (κ2) is 5.89. The minimum absolute atomic E-state index is 0.0896. The Morgan fingerprint density at radius 3 is 2.58 bits per heavy atom. The number of benzene rings is 1. The van der Waals surface area contributed by atoms with Gasteiger partial charge in [-0.2, -0.15) is 0 Å². The van der Waals surface area contributed by atoms with Crippen molar-refractivity contribution in [3.05, 3.63) is 48.2 Å². The van der Waals surface area contributed by atoms with E-state index in [-0.39, 0.29) is 11.7 Å². The van der Waals surface area contributed by atoms with Gasteiger partial charge in [0, 0.05) is 24.2 Å². The summed E-state index contributed by atoms with van der Waals surface area (Å²) in [6.45, 7) is 4.64. The largest absolute Gasteiger partial charge is 0.330 e. The SMILES string of the molecule is CC(C)C(CN)c1nccc(-c2ccccc2F)n1. The van der Waals surface area contributed by atoms with Gasteiger partial charge in [0.2, 0.25) is 0 Å². The van der Waals surface area contributed by atoms with Gasteiger partial charge in [-0.25, -0.2) is 14.4 Å². The van der Waals surface area contributed by atoms with Crippen LogP contribution in [0.1, 0.15) is 25.6 Å². The van der Waals surface area contributed by atoms with E-state index in [1.807, 2.05) is 0 Å². The Morgan fingerprint density at radius 1 is 1.21 bits per heavy atom. The zero-order valence-electron chi connectivity index (χ0n) is 11.2. The second-order valence-corrected chi connectivity index (χ2v) is 4.87. The maximum atomic E-state index is 13.8. The van der Waals surface area contributed by atoms with Gasteiger partial charge in [0.1, 0.15) is 11.6 Å². The highest BCUT2D eigenvalue weighted by molar-refractivity contribution is 5.59. The molecule has 0 fully saturated rings. The molecule has 0 saturated heterocycles. The Morgan fingerprint density at radius 2 is 1.95 bits per heavy atom. The number of rotatable bonds is 4. The van der Waals surface area contributed by atoms with E-state index in [1.165, 1.54) is 6.07 Å². The number of aromatic nitrogens is 2. The minimum atomic E-state index is -0.277. The van der Waals surface area contributed by atoms with E-state index in [9.17, 15) is 4.39 Å². The molecule has 0 radical (unpaired) electrons. The average molecular weight is 259 g/mol. The second-order valence-electron chi connectivity index (χ2n) is 4.87. The quantitative estimate of drug-likeness (QED) is 0.918. The molecule has 0 spiro atoms. The third-order valence-corrected chi connectivity index (χ3v) is 3.21. The fraction of sp³-hybridized carbons (Fsp3) is 0.333. The van der Waals surface area contributed by atoms with E-state index in [2.05, 4.69) is 23.8 Å². The average Bonchev–Trinajstić information content (AvgIpc) is 2.40. The molecule has 1 heterocycles. The van der Waals surface area contributed by atoms with Crippen molar-refractivity contribution in [2.24, 2.45) is 11.7 Å². The van der Waals surface area contributed by atoms with Crippen LogP contribution in [0.4, 0.5) is 4.39 Å². The summed E-state index contributed by atoms with van der Waals surface area (Å²) in [5.41, 5.74) is 6.86. The van der Waals surface area contributed by atoms with Crippen molar-refractivity contribution in [1.29, 1.82) is 0 Å². The van der Waals surface area contributed by atoms with E-state index in [0.717, 1.165) is 0 Å². The van der Waals surface area contributed by atoms with E-state index in [1.54, 1.807) is 30.5 Å². The Hall–Kier alpha value is -1.81. The predicted octanol–water partition coefficient (Wildman–Crippen LogP) is 2.98. The molecule has 2 rings (SSSR count). The number of hydrogen-bond acceptors (Lipinski definition) is 3. The number of halogens is 1. The molecule has 100 valence electrons. The van der Waals surface area contributed by atoms with Crippen LogP contribution in [0.25, 0.3) is 11.3 Å². The van der Waals surface area contributed by atoms with Crippen molar-refractivity contribution in [2.75, 3.05) is 6.54 Å². The lowest BCUT2D eigenvalue weighted by molar-refractivity contribution is 0.483. The maximum Gasteiger partial charge on any atom is 0.133 e. The molecule has 0 aliphatic heterocycles. The summed E-state index contributed by atoms with van der Waals surface area (Å²) in [7, 11) is 0. The zero-order valence-corrected chi connectivity index (χ0v) is 11.2. The first-order chi connectivity index (χ1) is 9.13. The predicted molar refractivity (Wildman–Crippen MR) is 74.1 cm³/mol. The first kappa shape index (κ1) is 13.6. The molecule has 0 aliphatic rings. The first-order valence-electron chi connectivity index (χ1n) is 6.41. The minimum Gasteiger partial charge on any atom is -0.330 e. The summed E-state index contributed by atoms with van der Waals surface area (Å²) in [6, 6.07) is 8.32. The molecule has 0 aliphatic carbocycles. The monoisotopic (exact) mass is 259 g/mol. The van der Waals surface area contributed by atoms with Crippen molar-refractivity contribution in [3.63, 3.8) is 0 Å². The van der Waals surface area contributed by atoms with Gasteiger partial charge in [-0.15, -0.1) is 0 Å². The van der Waals surface area contributed by atoms with E-state index >= 15 is 0 Å². The molecule has 2 aromatic rings. The van der Waals surface area contributed by atoms with E-state index in [4.69, 9.17) is 5.73 Å². The zero-order chi connectivity index (χ0) is 13.8. The molecule has 0 saturated carbocycles. The smallest absolute Gasteiger partial charge is 0.133 e. The fourth-order valence-corrected chi connectivity index (χ4v) is 2.05. The molecule has 1 aromatic heterocycles. The number of nitrogens with zero attached hydrogens (tertiary/aromatic N) is 2. The molecule has 3 nitrogen and oxygen atoms in total. The van der Waals surface area contributed by atoms with Crippen LogP contribution in [0.2, 0.25) is 0 Å². The van der Waals surface area contributed by atoms with Gasteiger partial charge >= 0.3 is 0 Å². The van der Waals surface area contributed by atoms with Gasteiger partial charge in [0.05, 0.1) is 5.69 Å². The molecule has 1 atom stereocenters. The molecule has 0 amide bonds. The van der Waals surface area contributed by atoms with Crippen LogP contribution in [0.5, 0.6) is 0 Å². The van der Waals surface area contributed by atoms with Crippen molar-refractivity contribution in [1.82, 2.24) is 9.97 Å². The van der Waals surface area contributed by atoms with Crippen LogP contribution in [-0.4, -0.2) is 16.5 Å². The number of hydrogen-bond donors (Lipinski definition) is 1. The van der Waals surface area contributed by atoms with Gasteiger partial charge < -0.3 is 5.73 Å². The molecule has 4 heteroatoms. The van der Waals surface area contributed by atoms with Crippen molar-refractivity contribution < 1.29 is 4.39 Å². The standard InChI is InChI=1S/C15H18FN3/c1-10(2)12(9-17)15-18-8-7-14(19-15)11-5-3-4-6-13(11)16/h3-8,10,12H,9,17H2,1-2H3. The molecular formula is C15H18FN3. The summed E-state index contributed by atoms with van der Waals surface area (Å²) in [5.74, 6) is 0.840. The summed E-state index contributed by atoms with van der Waals surface area (Å²) >= 11 is 0. The maximum absolute atomic E-state index is 13.8. The Balaban J connectivity index is 2.42. The van der Waals surface area contributed by atoms with Gasteiger partial charge in [-0.05, 0) is 24.1 Å². The van der Waals surface area contributed by atoms with Crippen molar-refractivity contribution in [2.45, 2.75) is 19.8 Å². The summed E-state index contributed by atoms with van der Waals surface area (Å²) in [6.07, 6.45) is 1.66. The molecule has 19 heavy (non-hydrogen) atoms. The highest BCUT2D eigenvalue weighted by Gasteiger charge is 2.18. The number of nitrogens with two attached hydrogens (primary N) is 1. The van der Waals surface area contributed by atoms with Crippen molar-refractivity contribution >= 4 is 0 Å². The third kappa shape index (κ3) is 2.96. The lowest BCUT2D eigenvalue weighted by Crippen LogP contribution is -2.20. The summed E-state index contributed by atoms with van der Waals surface area (Å²) in [4.78, 5) is 8.74. The third-order valence-electron chi connectivity index (χ3n) is 3.21. The normalized spacial score (nSPS) is 12.7. The van der Waals surface area contributed by atoms with Crippen LogP contribution in [0.15, 0.2) is 36.5 Å². The molecule has 0 bridgehead atoms. The molecule has 1 unspecified atom stereocenters. The summed E-state index contributed by atoms with van der Waals surface area (Å²) in [5, 5.41) is 0. The highest BCUT2D eigenvalue weighted by Crippen LogP contribution is 2.24. The van der Waals surface area contributed by atoms with Crippen LogP contribution >= 0.6 is 0 Å². The van der Waals surface area contributed by atoms with Crippen LogP contribution < -0.4 is 5.73 Å². The Bertz CT molecular complexity index is 555. The molecule has 2 N–H and O–H groups in total. The van der Waals surface area contributed by atoms with Gasteiger partial charge in [-0.3, -0.25) is 0 Å².